The van der Waals surface area contributed by atoms with Gasteiger partial charge in [-0.05, 0) is 37.9 Å². The molecular weight excluding hydrogens is 396 g/mol. The number of thioether (sulfide) groups is 1. The largest absolute Gasteiger partial charge is 0.272 e. The van der Waals surface area contributed by atoms with Gasteiger partial charge in [0.25, 0.3) is 5.91 Å². The fourth-order valence-electron chi connectivity index (χ4n) is 1.00. The van der Waals surface area contributed by atoms with Crippen LogP contribution in [0, 0.1) is 0 Å². The molecule has 1 saturated heterocycles. The van der Waals surface area contributed by atoms with Crippen LogP contribution >= 0.6 is 67.2 Å². The molecule has 0 N–H and O–H groups in total. The molecule has 0 saturated carbocycles. The molecule has 1 amide bonds. The molecule has 0 bridgehead atoms. The number of thiophene rings is 1. The second kappa shape index (κ2) is 5.26. The van der Waals surface area contributed by atoms with Gasteiger partial charge in [0.1, 0.15) is 0 Å². The average Bonchev–Trinajstić information content (AvgIpc) is 2.70. The molecule has 16 heavy (non-hydrogen) atoms. The van der Waals surface area contributed by atoms with E-state index in [4.69, 9.17) is 12.2 Å². The minimum Gasteiger partial charge on any atom is -0.272 e. The Kier molecular flexibility index (Phi) is 4.17. The molecule has 1 fully saturated rings. The van der Waals surface area contributed by atoms with Crippen LogP contribution in [0.2, 0.25) is 0 Å². The first-order valence-electron chi connectivity index (χ1n) is 4.06. The van der Waals surface area contributed by atoms with Crippen LogP contribution in [0.1, 0.15) is 4.88 Å². The van der Waals surface area contributed by atoms with E-state index in [0.29, 0.717) is 10.1 Å². The molecule has 3 nitrogen and oxygen atoms in total. The van der Waals surface area contributed by atoms with Crippen molar-refractivity contribution >= 4 is 83.6 Å². The second-order valence-corrected chi connectivity index (χ2v) is 7.64. The van der Waals surface area contributed by atoms with Crippen molar-refractivity contribution in [1.29, 1.82) is 0 Å². The van der Waals surface area contributed by atoms with Crippen LogP contribution in [0.5, 0.6) is 0 Å². The first kappa shape index (κ1) is 12.7. The monoisotopic (exact) mass is 398 g/mol. The Balaban J connectivity index is 2.15. The molecule has 1 aliphatic heterocycles. The molecule has 0 spiro atoms. The van der Waals surface area contributed by atoms with Gasteiger partial charge in [-0.15, -0.1) is 11.3 Å². The lowest BCUT2D eigenvalue weighted by Crippen LogP contribution is -2.22. The van der Waals surface area contributed by atoms with Crippen LogP contribution in [0.25, 0.3) is 0 Å². The van der Waals surface area contributed by atoms with Gasteiger partial charge in [0.2, 0.25) is 0 Å². The maximum absolute atomic E-state index is 11.4. The summed E-state index contributed by atoms with van der Waals surface area (Å²) in [6.07, 6.45) is 1.64. The van der Waals surface area contributed by atoms with Crippen molar-refractivity contribution in [3.8, 4) is 0 Å². The van der Waals surface area contributed by atoms with Crippen LogP contribution in [0.15, 0.2) is 19.4 Å². The number of hydrogen-bond donors (Lipinski definition) is 0. The summed E-state index contributed by atoms with van der Waals surface area (Å²) in [6.45, 7) is 0. The first-order chi connectivity index (χ1) is 7.58. The summed E-state index contributed by atoms with van der Waals surface area (Å²) in [7, 11) is 0. The topological polar surface area (TPSA) is 32.7 Å². The van der Waals surface area contributed by atoms with Gasteiger partial charge in [0, 0.05) is 9.35 Å². The Morgan fingerprint density at radius 3 is 2.81 bits per heavy atom. The Morgan fingerprint density at radius 1 is 1.56 bits per heavy atom. The van der Waals surface area contributed by atoms with Gasteiger partial charge in [-0.2, -0.15) is 10.1 Å². The van der Waals surface area contributed by atoms with Gasteiger partial charge in [0.05, 0.1) is 15.8 Å². The molecule has 0 unspecified atom stereocenters. The van der Waals surface area contributed by atoms with Crippen molar-refractivity contribution in [2.24, 2.45) is 5.10 Å². The molecule has 84 valence electrons. The minimum absolute atomic E-state index is 0.0686. The summed E-state index contributed by atoms with van der Waals surface area (Å²) < 4.78 is 2.48. The van der Waals surface area contributed by atoms with E-state index in [1.807, 2.05) is 6.07 Å². The number of carbonyl (C=O) groups excluding carboxylic acids is 1. The highest BCUT2D eigenvalue weighted by atomic mass is 79.9. The van der Waals surface area contributed by atoms with Gasteiger partial charge in [-0.3, -0.25) is 4.79 Å². The lowest BCUT2D eigenvalue weighted by molar-refractivity contribution is -0.123. The number of thiocarbonyl (C=S) groups is 1. The fourth-order valence-corrected chi connectivity index (χ4v) is 3.92. The predicted molar refractivity (Wildman–Crippen MR) is 79.2 cm³/mol. The van der Waals surface area contributed by atoms with E-state index >= 15 is 0 Å². The van der Waals surface area contributed by atoms with E-state index in [0.717, 1.165) is 13.1 Å². The van der Waals surface area contributed by atoms with Crippen LogP contribution < -0.4 is 0 Å². The standard InChI is InChI=1S/C8H4Br2N2OS3/c9-5-1-4(16-7(5)10)2-11-12-6(13)3-15-8(12)14/h1-2H,3H2/b11-2-. The zero-order valence-electron chi connectivity index (χ0n) is 7.65. The van der Waals surface area contributed by atoms with Gasteiger partial charge in [-0.25, -0.2) is 0 Å². The number of hydrogen-bond acceptors (Lipinski definition) is 5. The summed E-state index contributed by atoms with van der Waals surface area (Å²) >= 11 is 14.6. The molecule has 2 heterocycles. The molecule has 0 radical (unpaired) electrons. The van der Waals surface area contributed by atoms with Crippen molar-refractivity contribution in [2.45, 2.75) is 0 Å². The highest BCUT2D eigenvalue weighted by molar-refractivity contribution is 9.13. The quantitative estimate of drug-likeness (QED) is 0.563. The fraction of sp³-hybridized carbons (Fsp3) is 0.125. The van der Waals surface area contributed by atoms with Crippen molar-refractivity contribution in [1.82, 2.24) is 5.01 Å². The highest BCUT2D eigenvalue weighted by Gasteiger charge is 2.25. The maximum Gasteiger partial charge on any atom is 0.259 e. The van der Waals surface area contributed by atoms with Crippen LogP contribution in [-0.4, -0.2) is 27.2 Å². The lowest BCUT2D eigenvalue weighted by atomic mass is 10.5. The SMILES string of the molecule is O=C1CSC(=S)N1/N=C\c1cc(Br)c(Br)s1. The molecule has 8 heteroatoms. The molecular formula is C8H4Br2N2OS3. The van der Waals surface area contributed by atoms with Crippen molar-refractivity contribution < 1.29 is 4.79 Å². The van der Waals surface area contributed by atoms with E-state index in [2.05, 4.69) is 37.0 Å². The van der Waals surface area contributed by atoms with Gasteiger partial charge in [0.15, 0.2) is 4.32 Å². The number of hydrazone groups is 1. The zero-order valence-corrected chi connectivity index (χ0v) is 13.3. The smallest absolute Gasteiger partial charge is 0.259 e. The Hall–Kier alpha value is 0.240. The zero-order chi connectivity index (χ0) is 11.7. The molecule has 2 rings (SSSR count). The van der Waals surface area contributed by atoms with Gasteiger partial charge in [-0.1, -0.05) is 24.0 Å². The molecule has 0 aromatic carbocycles. The van der Waals surface area contributed by atoms with E-state index in [-0.39, 0.29) is 5.91 Å². The minimum atomic E-state index is -0.0686. The lowest BCUT2D eigenvalue weighted by Gasteiger charge is -2.05. The molecule has 0 aliphatic carbocycles. The third-order valence-electron chi connectivity index (χ3n) is 1.69. The summed E-state index contributed by atoms with van der Waals surface area (Å²) in [4.78, 5) is 12.3. The normalized spacial score (nSPS) is 16.8. The van der Waals surface area contributed by atoms with Crippen LogP contribution in [0.3, 0.4) is 0 Å². The predicted octanol–water partition coefficient (Wildman–Crippen LogP) is 3.47. The molecule has 1 aromatic rings. The maximum atomic E-state index is 11.4. The van der Waals surface area contributed by atoms with E-state index < -0.39 is 0 Å². The second-order valence-electron chi connectivity index (χ2n) is 2.78. The van der Waals surface area contributed by atoms with E-state index in [1.165, 1.54) is 28.1 Å². The third kappa shape index (κ3) is 2.73. The number of carbonyl (C=O) groups is 1. The van der Waals surface area contributed by atoms with Crippen LogP contribution in [0.4, 0.5) is 0 Å². The number of nitrogens with zero attached hydrogens (tertiary/aromatic N) is 2. The van der Waals surface area contributed by atoms with Gasteiger partial charge >= 0.3 is 0 Å². The number of amides is 1. The third-order valence-corrected chi connectivity index (χ3v) is 6.22. The Labute approximate surface area is 123 Å². The van der Waals surface area contributed by atoms with Crippen molar-refractivity contribution in [3.63, 3.8) is 0 Å². The van der Waals surface area contributed by atoms with Crippen molar-refractivity contribution in [2.75, 3.05) is 5.75 Å². The Morgan fingerprint density at radius 2 is 2.31 bits per heavy atom. The van der Waals surface area contributed by atoms with Gasteiger partial charge < -0.3 is 0 Å². The average molecular weight is 400 g/mol. The van der Waals surface area contributed by atoms with E-state index in [1.54, 1.807) is 6.21 Å². The molecule has 1 aromatic heterocycles. The summed E-state index contributed by atoms with van der Waals surface area (Å²) in [5.41, 5.74) is 0. The molecule has 0 atom stereocenters. The van der Waals surface area contributed by atoms with Crippen molar-refractivity contribution in [3.05, 3.63) is 19.2 Å². The highest BCUT2D eigenvalue weighted by Crippen LogP contribution is 2.31. The van der Waals surface area contributed by atoms with E-state index in [9.17, 15) is 4.79 Å². The van der Waals surface area contributed by atoms with Crippen LogP contribution in [-0.2, 0) is 4.79 Å². The number of halogens is 2. The molecule has 1 aliphatic rings. The summed E-state index contributed by atoms with van der Waals surface area (Å²) in [5.74, 6) is 0.314. The summed E-state index contributed by atoms with van der Waals surface area (Å²) in [6, 6.07) is 1.93. The summed E-state index contributed by atoms with van der Waals surface area (Å²) in [5, 5.41) is 5.34. The Bertz CT molecular complexity index is 450. The number of rotatable bonds is 2. The first-order valence-corrected chi connectivity index (χ1v) is 7.86.